The summed E-state index contributed by atoms with van der Waals surface area (Å²) >= 11 is 0. The molecule has 29 heavy (non-hydrogen) atoms. The van der Waals surface area contributed by atoms with Crippen LogP contribution in [-0.4, -0.2) is 16.0 Å². The summed E-state index contributed by atoms with van der Waals surface area (Å²) in [6.45, 7) is 6.78. The largest absolute Gasteiger partial charge is 0.506 e. The van der Waals surface area contributed by atoms with E-state index >= 15 is 0 Å². The summed E-state index contributed by atoms with van der Waals surface area (Å²) < 4.78 is 0. The number of benzene rings is 2. The average molecular weight is 386 g/mol. The minimum atomic E-state index is -0.225. The maximum Gasteiger partial charge on any atom is 0.251 e. The summed E-state index contributed by atoms with van der Waals surface area (Å²) in [5.41, 5.74) is 3.47. The Hall–Kier alpha value is -3.40. The van der Waals surface area contributed by atoms with Crippen LogP contribution >= 0.6 is 0 Å². The Morgan fingerprint density at radius 3 is 2.31 bits per heavy atom. The quantitative estimate of drug-likeness (QED) is 0.603. The van der Waals surface area contributed by atoms with Crippen LogP contribution in [0.4, 0.5) is 5.69 Å². The monoisotopic (exact) mass is 386 g/mol. The number of aromatic hydroxyl groups is 1. The highest BCUT2D eigenvalue weighted by molar-refractivity contribution is 6.04. The van der Waals surface area contributed by atoms with E-state index < -0.39 is 0 Å². The number of pyridine rings is 1. The van der Waals surface area contributed by atoms with Crippen molar-refractivity contribution in [3.63, 3.8) is 0 Å². The van der Waals surface area contributed by atoms with Crippen LogP contribution in [0.5, 0.6) is 5.75 Å². The van der Waals surface area contributed by atoms with Crippen molar-refractivity contribution in [2.24, 2.45) is 0 Å². The van der Waals surface area contributed by atoms with E-state index in [4.69, 9.17) is 0 Å². The molecule has 0 radical (unpaired) electrons. The third-order valence-corrected chi connectivity index (χ3v) is 4.68. The zero-order valence-electron chi connectivity index (χ0n) is 17.0. The van der Waals surface area contributed by atoms with Gasteiger partial charge in [-0.15, -0.1) is 0 Å². The Balaban J connectivity index is 1.84. The second-order valence-corrected chi connectivity index (χ2v) is 7.94. The Kier molecular flexibility index (Phi) is 6.13. The van der Waals surface area contributed by atoms with Gasteiger partial charge < -0.3 is 5.11 Å². The van der Waals surface area contributed by atoms with E-state index in [0.717, 1.165) is 11.3 Å². The highest BCUT2D eigenvalue weighted by Gasteiger charge is 2.18. The number of amides is 1. The standard InChI is InChI=1S/C25H26N2O2/c1-25(2,3)20-14-11-19(12-15-20)13-16-24(29)27(18-21-8-6-7-17-26-21)22-9-4-5-10-23(22)28/h4-17,28H,18H2,1-3H3/b16-13+. The van der Waals surface area contributed by atoms with Gasteiger partial charge in [0, 0.05) is 12.3 Å². The molecule has 0 saturated carbocycles. The molecule has 0 spiro atoms. The van der Waals surface area contributed by atoms with Gasteiger partial charge in [0.15, 0.2) is 0 Å². The van der Waals surface area contributed by atoms with Gasteiger partial charge in [0.1, 0.15) is 5.75 Å². The van der Waals surface area contributed by atoms with Crippen molar-refractivity contribution >= 4 is 17.7 Å². The maximum absolute atomic E-state index is 13.0. The van der Waals surface area contributed by atoms with Crippen LogP contribution in [0.3, 0.4) is 0 Å². The Labute approximate surface area is 172 Å². The van der Waals surface area contributed by atoms with Crippen molar-refractivity contribution in [2.45, 2.75) is 32.7 Å². The van der Waals surface area contributed by atoms with Gasteiger partial charge in [-0.1, -0.05) is 63.2 Å². The lowest BCUT2D eigenvalue weighted by Crippen LogP contribution is -2.29. The molecule has 0 fully saturated rings. The molecule has 1 aromatic heterocycles. The molecule has 148 valence electrons. The molecule has 3 aromatic rings. The first-order chi connectivity index (χ1) is 13.8. The summed E-state index contributed by atoms with van der Waals surface area (Å²) in [6.07, 6.45) is 5.01. The van der Waals surface area contributed by atoms with Gasteiger partial charge in [-0.05, 0) is 46.9 Å². The van der Waals surface area contributed by atoms with Crippen molar-refractivity contribution in [3.05, 3.63) is 95.8 Å². The molecule has 4 heteroatoms. The second-order valence-electron chi connectivity index (χ2n) is 7.94. The fourth-order valence-electron chi connectivity index (χ4n) is 2.98. The highest BCUT2D eigenvalue weighted by atomic mass is 16.3. The van der Waals surface area contributed by atoms with Crippen LogP contribution < -0.4 is 4.90 Å². The van der Waals surface area contributed by atoms with Gasteiger partial charge in [-0.2, -0.15) is 0 Å². The van der Waals surface area contributed by atoms with Crippen LogP contribution in [0.25, 0.3) is 6.08 Å². The van der Waals surface area contributed by atoms with E-state index in [9.17, 15) is 9.90 Å². The van der Waals surface area contributed by atoms with Gasteiger partial charge in [0.2, 0.25) is 0 Å². The van der Waals surface area contributed by atoms with Gasteiger partial charge >= 0.3 is 0 Å². The van der Waals surface area contributed by atoms with Crippen molar-refractivity contribution in [1.29, 1.82) is 0 Å². The number of carbonyl (C=O) groups excluding carboxylic acids is 1. The summed E-state index contributed by atoms with van der Waals surface area (Å²) in [5, 5.41) is 10.3. The Bertz CT molecular complexity index is 987. The Morgan fingerprint density at radius 2 is 1.69 bits per heavy atom. The molecule has 1 heterocycles. The normalized spacial score (nSPS) is 11.6. The first-order valence-electron chi connectivity index (χ1n) is 9.62. The predicted octanol–water partition coefficient (Wildman–Crippen LogP) is 5.33. The zero-order chi connectivity index (χ0) is 20.9. The van der Waals surface area contributed by atoms with Crippen molar-refractivity contribution in [1.82, 2.24) is 4.98 Å². The summed E-state index contributed by atoms with van der Waals surface area (Å²) in [4.78, 5) is 18.8. The highest BCUT2D eigenvalue weighted by Crippen LogP contribution is 2.28. The third-order valence-electron chi connectivity index (χ3n) is 4.68. The number of anilines is 1. The number of aromatic nitrogens is 1. The van der Waals surface area contributed by atoms with E-state index in [2.05, 4.69) is 37.9 Å². The van der Waals surface area contributed by atoms with Crippen LogP contribution in [0.1, 0.15) is 37.6 Å². The number of para-hydroxylation sites is 2. The SMILES string of the molecule is CC(C)(C)c1ccc(/C=C/C(=O)N(Cc2ccccn2)c2ccccc2O)cc1. The molecule has 0 unspecified atom stereocenters. The number of phenols is 1. The van der Waals surface area contributed by atoms with Crippen LogP contribution in [-0.2, 0) is 16.8 Å². The second kappa shape index (κ2) is 8.74. The van der Waals surface area contributed by atoms with Crippen LogP contribution in [0.15, 0.2) is 79.0 Å². The number of nitrogens with zero attached hydrogens (tertiary/aromatic N) is 2. The number of hydrogen-bond acceptors (Lipinski definition) is 3. The lowest BCUT2D eigenvalue weighted by atomic mass is 9.87. The number of phenolic OH excluding ortho intramolecular Hbond substituents is 1. The molecular weight excluding hydrogens is 360 g/mol. The van der Waals surface area contributed by atoms with Crippen molar-refractivity contribution in [3.8, 4) is 5.75 Å². The fraction of sp³-hybridized carbons (Fsp3) is 0.200. The summed E-state index contributed by atoms with van der Waals surface area (Å²) in [5.74, 6) is -0.170. The number of carbonyl (C=O) groups is 1. The third kappa shape index (κ3) is 5.32. The lowest BCUT2D eigenvalue weighted by molar-refractivity contribution is -0.114. The fourth-order valence-corrected chi connectivity index (χ4v) is 2.98. The zero-order valence-corrected chi connectivity index (χ0v) is 17.0. The first kappa shape index (κ1) is 20.3. The number of hydrogen-bond donors (Lipinski definition) is 1. The predicted molar refractivity (Wildman–Crippen MR) is 118 cm³/mol. The molecule has 0 aliphatic rings. The molecule has 2 aromatic carbocycles. The smallest absolute Gasteiger partial charge is 0.251 e. The van der Waals surface area contributed by atoms with Gasteiger partial charge in [-0.3, -0.25) is 14.7 Å². The molecule has 0 atom stereocenters. The topological polar surface area (TPSA) is 53.4 Å². The van der Waals surface area contributed by atoms with Crippen LogP contribution in [0, 0.1) is 0 Å². The minimum Gasteiger partial charge on any atom is -0.506 e. The molecule has 0 aliphatic carbocycles. The van der Waals surface area contributed by atoms with Crippen LogP contribution in [0.2, 0.25) is 0 Å². The maximum atomic E-state index is 13.0. The number of rotatable bonds is 5. The van der Waals surface area contributed by atoms with E-state index in [1.54, 1.807) is 36.5 Å². The summed E-state index contributed by atoms with van der Waals surface area (Å²) in [6, 6.07) is 20.6. The molecule has 0 saturated heterocycles. The molecule has 3 rings (SSSR count). The average Bonchev–Trinajstić information content (AvgIpc) is 2.71. The van der Waals surface area contributed by atoms with E-state index in [-0.39, 0.29) is 23.6 Å². The molecule has 0 aliphatic heterocycles. The van der Waals surface area contributed by atoms with E-state index in [0.29, 0.717) is 5.69 Å². The van der Waals surface area contributed by atoms with Crippen molar-refractivity contribution < 1.29 is 9.90 Å². The minimum absolute atomic E-state index is 0.0553. The summed E-state index contributed by atoms with van der Waals surface area (Å²) in [7, 11) is 0. The first-order valence-corrected chi connectivity index (χ1v) is 9.62. The van der Waals surface area contributed by atoms with Gasteiger partial charge in [0.05, 0.1) is 17.9 Å². The lowest BCUT2D eigenvalue weighted by Gasteiger charge is -2.22. The molecule has 0 bridgehead atoms. The van der Waals surface area contributed by atoms with Gasteiger partial charge in [0.25, 0.3) is 5.91 Å². The van der Waals surface area contributed by atoms with E-state index in [1.165, 1.54) is 16.5 Å². The molecule has 4 nitrogen and oxygen atoms in total. The van der Waals surface area contributed by atoms with Crippen molar-refractivity contribution in [2.75, 3.05) is 4.90 Å². The molecule has 1 amide bonds. The molecular formula is C25H26N2O2. The Morgan fingerprint density at radius 1 is 1.00 bits per heavy atom. The van der Waals surface area contributed by atoms with E-state index in [1.807, 2.05) is 30.3 Å². The van der Waals surface area contributed by atoms with Gasteiger partial charge in [-0.25, -0.2) is 0 Å². The molecule has 1 N–H and O–H groups in total.